The molecule has 1 aliphatic heterocycles. The number of hydrogen-bond acceptors (Lipinski definition) is 4. The maximum absolute atomic E-state index is 5.20. The molecule has 120 valence electrons. The van der Waals surface area contributed by atoms with E-state index in [1.165, 1.54) is 5.69 Å². The molecule has 4 heteroatoms. The molecule has 0 aromatic heterocycles. The smallest absolute Gasteiger partial charge is 0.118 e. The van der Waals surface area contributed by atoms with E-state index in [2.05, 4.69) is 59.3 Å². The summed E-state index contributed by atoms with van der Waals surface area (Å²) in [7, 11) is 1.68. The third-order valence-corrected chi connectivity index (χ3v) is 4.18. The molecule has 0 amide bonds. The predicted molar refractivity (Wildman–Crippen MR) is 95.4 cm³/mol. The first-order chi connectivity index (χ1) is 11.3. The van der Waals surface area contributed by atoms with Gasteiger partial charge in [0.1, 0.15) is 5.75 Å². The number of hydrazone groups is 1. The van der Waals surface area contributed by atoms with Crippen LogP contribution in [-0.4, -0.2) is 44.0 Å². The van der Waals surface area contributed by atoms with Gasteiger partial charge < -0.3 is 9.64 Å². The minimum atomic E-state index is 0.873. The van der Waals surface area contributed by atoms with Crippen molar-refractivity contribution in [1.82, 2.24) is 5.01 Å². The van der Waals surface area contributed by atoms with Crippen LogP contribution in [0, 0.1) is 0 Å². The van der Waals surface area contributed by atoms with Crippen LogP contribution in [0.3, 0.4) is 0 Å². The van der Waals surface area contributed by atoms with Gasteiger partial charge in [0.05, 0.1) is 25.9 Å². The number of para-hydroxylation sites is 1. The molecule has 2 aromatic carbocycles. The molecule has 1 aliphatic rings. The first-order valence-electron chi connectivity index (χ1n) is 8.01. The van der Waals surface area contributed by atoms with E-state index in [1.807, 2.05) is 12.1 Å². The average Bonchev–Trinajstić information content (AvgIpc) is 2.63. The number of nitrogens with zero attached hydrogens (tertiary/aromatic N) is 3. The van der Waals surface area contributed by atoms with E-state index in [4.69, 9.17) is 9.84 Å². The number of anilines is 1. The van der Waals surface area contributed by atoms with Crippen LogP contribution in [0.1, 0.15) is 12.5 Å². The lowest BCUT2D eigenvalue weighted by Crippen LogP contribution is -2.44. The number of rotatable bonds is 4. The van der Waals surface area contributed by atoms with Crippen LogP contribution in [0.4, 0.5) is 5.69 Å². The Morgan fingerprint density at radius 2 is 1.57 bits per heavy atom. The highest BCUT2D eigenvalue weighted by atomic mass is 16.5. The minimum Gasteiger partial charge on any atom is -0.497 e. The largest absolute Gasteiger partial charge is 0.497 e. The molecule has 23 heavy (non-hydrogen) atoms. The standard InChI is InChI=1S/C19H23N3O/c1-16(17-8-10-19(23-2)11-9-17)20-22-14-12-21(13-15-22)18-6-4-3-5-7-18/h3-11H,12-15H2,1-2H3. The predicted octanol–water partition coefficient (Wildman–Crippen LogP) is 3.24. The summed E-state index contributed by atoms with van der Waals surface area (Å²) in [4.78, 5) is 2.41. The Morgan fingerprint density at radius 1 is 0.913 bits per heavy atom. The summed E-state index contributed by atoms with van der Waals surface area (Å²) in [6.45, 7) is 5.96. The Balaban J connectivity index is 1.60. The fourth-order valence-electron chi connectivity index (χ4n) is 2.79. The second kappa shape index (κ2) is 7.18. The lowest BCUT2D eigenvalue weighted by molar-refractivity contribution is 0.270. The van der Waals surface area contributed by atoms with E-state index < -0.39 is 0 Å². The van der Waals surface area contributed by atoms with E-state index in [0.29, 0.717) is 0 Å². The normalized spacial score (nSPS) is 15.7. The van der Waals surface area contributed by atoms with Crippen LogP contribution < -0.4 is 9.64 Å². The lowest BCUT2D eigenvalue weighted by Gasteiger charge is -2.34. The minimum absolute atomic E-state index is 0.873. The van der Waals surface area contributed by atoms with Crippen LogP contribution in [-0.2, 0) is 0 Å². The summed E-state index contributed by atoms with van der Waals surface area (Å²) in [5, 5.41) is 6.94. The van der Waals surface area contributed by atoms with E-state index in [1.54, 1.807) is 7.11 Å². The molecule has 1 heterocycles. The Labute approximate surface area is 138 Å². The number of hydrogen-bond donors (Lipinski definition) is 0. The fraction of sp³-hybridized carbons (Fsp3) is 0.316. The van der Waals surface area contributed by atoms with Crippen molar-refractivity contribution in [3.63, 3.8) is 0 Å². The summed E-state index contributed by atoms with van der Waals surface area (Å²) in [5.41, 5.74) is 3.47. The summed E-state index contributed by atoms with van der Waals surface area (Å²) in [6.07, 6.45) is 0. The molecule has 3 rings (SSSR count). The maximum Gasteiger partial charge on any atom is 0.118 e. The molecular weight excluding hydrogens is 286 g/mol. The maximum atomic E-state index is 5.20. The van der Waals surface area contributed by atoms with Crippen molar-refractivity contribution in [1.29, 1.82) is 0 Å². The highest BCUT2D eigenvalue weighted by molar-refractivity contribution is 5.98. The molecule has 0 N–H and O–H groups in total. The number of piperazine rings is 1. The SMILES string of the molecule is COc1ccc(C(C)=NN2CCN(c3ccccc3)CC2)cc1. The summed E-state index contributed by atoms with van der Waals surface area (Å²) < 4.78 is 5.20. The number of benzene rings is 2. The van der Waals surface area contributed by atoms with Crippen molar-refractivity contribution in [3.05, 3.63) is 60.2 Å². The topological polar surface area (TPSA) is 28.1 Å². The third-order valence-electron chi connectivity index (χ3n) is 4.18. The van der Waals surface area contributed by atoms with Crippen molar-refractivity contribution in [2.75, 3.05) is 38.2 Å². The summed E-state index contributed by atoms with van der Waals surface area (Å²) in [5.74, 6) is 0.873. The van der Waals surface area contributed by atoms with Gasteiger partial charge in [0.15, 0.2) is 0 Å². The fourth-order valence-corrected chi connectivity index (χ4v) is 2.79. The zero-order valence-electron chi connectivity index (χ0n) is 13.8. The van der Waals surface area contributed by atoms with Crippen molar-refractivity contribution >= 4 is 11.4 Å². The molecule has 2 aromatic rings. The van der Waals surface area contributed by atoms with Gasteiger partial charge in [0, 0.05) is 18.8 Å². The van der Waals surface area contributed by atoms with Crippen molar-refractivity contribution < 1.29 is 4.74 Å². The van der Waals surface area contributed by atoms with E-state index in [0.717, 1.165) is 43.2 Å². The molecular formula is C19H23N3O. The second-order valence-electron chi connectivity index (χ2n) is 5.69. The summed E-state index contributed by atoms with van der Waals surface area (Å²) >= 11 is 0. The lowest BCUT2D eigenvalue weighted by atomic mass is 10.1. The zero-order chi connectivity index (χ0) is 16.1. The second-order valence-corrected chi connectivity index (χ2v) is 5.69. The molecule has 0 aliphatic carbocycles. The Bertz CT molecular complexity index is 644. The molecule has 1 saturated heterocycles. The third kappa shape index (κ3) is 3.83. The van der Waals surface area contributed by atoms with Gasteiger partial charge in [0.2, 0.25) is 0 Å². The highest BCUT2D eigenvalue weighted by Crippen LogP contribution is 2.16. The monoisotopic (exact) mass is 309 g/mol. The molecule has 0 bridgehead atoms. The zero-order valence-corrected chi connectivity index (χ0v) is 13.8. The average molecular weight is 309 g/mol. The Morgan fingerprint density at radius 3 is 2.17 bits per heavy atom. The Hall–Kier alpha value is -2.49. The van der Waals surface area contributed by atoms with Crippen LogP contribution in [0.2, 0.25) is 0 Å². The quantitative estimate of drug-likeness (QED) is 0.812. The van der Waals surface area contributed by atoms with Gasteiger partial charge in [-0.3, -0.25) is 5.01 Å². The van der Waals surface area contributed by atoms with E-state index in [-0.39, 0.29) is 0 Å². The highest BCUT2D eigenvalue weighted by Gasteiger charge is 2.16. The first kappa shape index (κ1) is 15.4. The first-order valence-corrected chi connectivity index (χ1v) is 8.01. The molecule has 0 saturated carbocycles. The van der Waals surface area contributed by atoms with Crippen molar-refractivity contribution in [3.8, 4) is 5.75 Å². The molecule has 0 radical (unpaired) electrons. The van der Waals surface area contributed by atoms with Gasteiger partial charge in [-0.25, -0.2) is 0 Å². The number of ether oxygens (including phenoxy) is 1. The Kier molecular flexibility index (Phi) is 4.81. The molecule has 4 nitrogen and oxygen atoms in total. The molecule has 1 fully saturated rings. The van der Waals surface area contributed by atoms with Gasteiger partial charge >= 0.3 is 0 Å². The molecule has 0 spiro atoms. The van der Waals surface area contributed by atoms with Gasteiger partial charge in [-0.2, -0.15) is 5.10 Å². The van der Waals surface area contributed by atoms with E-state index >= 15 is 0 Å². The van der Waals surface area contributed by atoms with E-state index in [9.17, 15) is 0 Å². The van der Waals surface area contributed by atoms with Gasteiger partial charge in [0.25, 0.3) is 0 Å². The molecule has 0 atom stereocenters. The van der Waals surface area contributed by atoms with Gasteiger partial charge in [-0.1, -0.05) is 18.2 Å². The van der Waals surface area contributed by atoms with Crippen molar-refractivity contribution in [2.24, 2.45) is 5.10 Å². The van der Waals surface area contributed by atoms with Crippen LogP contribution in [0.15, 0.2) is 59.7 Å². The van der Waals surface area contributed by atoms with Crippen LogP contribution in [0.5, 0.6) is 5.75 Å². The number of methoxy groups -OCH3 is 1. The van der Waals surface area contributed by atoms with Crippen LogP contribution >= 0.6 is 0 Å². The van der Waals surface area contributed by atoms with Gasteiger partial charge in [-0.05, 0) is 48.9 Å². The summed E-state index contributed by atoms with van der Waals surface area (Å²) in [6, 6.07) is 18.6. The van der Waals surface area contributed by atoms with Crippen molar-refractivity contribution in [2.45, 2.75) is 6.92 Å². The van der Waals surface area contributed by atoms with Crippen LogP contribution in [0.25, 0.3) is 0 Å². The molecule has 0 unspecified atom stereocenters. The van der Waals surface area contributed by atoms with Gasteiger partial charge in [-0.15, -0.1) is 0 Å².